The van der Waals surface area contributed by atoms with Gasteiger partial charge in [-0.15, -0.1) is 0 Å². The Labute approximate surface area is 171 Å². The quantitative estimate of drug-likeness (QED) is 0.656. The van der Waals surface area contributed by atoms with Crippen LogP contribution in [0.25, 0.3) is 10.9 Å². The molecule has 2 heterocycles. The SMILES string of the molecule is CC(NC1(CNc2c(C#N)cnc3ccccc23)CCOCC1)c1ccccc1. The molecular formula is C24H26N4O. The van der Waals surface area contributed by atoms with Crippen LogP contribution in [0.4, 0.5) is 5.69 Å². The lowest BCUT2D eigenvalue weighted by Crippen LogP contribution is -2.54. The van der Waals surface area contributed by atoms with E-state index in [1.807, 2.05) is 30.3 Å². The first kappa shape index (κ1) is 19.4. The van der Waals surface area contributed by atoms with Gasteiger partial charge in [-0.25, -0.2) is 0 Å². The Morgan fingerprint density at radius 2 is 1.83 bits per heavy atom. The molecule has 1 fully saturated rings. The smallest absolute Gasteiger partial charge is 0.103 e. The monoisotopic (exact) mass is 386 g/mol. The summed E-state index contributed by atoms with van der Waals surface area (Å²) in [5, 5.41) is 18.0. The molecule has 1 aromatic heterocycles. The first-order chi connectivity index (χ1) is 14.2. The van der Waals surface area contributed by atoms with Crippen molar-refractivity contribution in [3.8, 4) is 6.07 Å². The maximum Gasteiger partial charge on any atom is 0.103 e. The van der Waals surface area contributed by atoms with Crippen LogP contribution in [0.3, 0.4) is 0 Å². The molecule has 0 radical (unpaired) electrons. The van der Waals surface area contributed by atoms with Gasteiger partial charge in [-0.3, -0.25) is 4.98 Å². The number of hydrogen-bond acceptors (Lipinski definition) is 5. The third-order valence-electron chi connectivity index (χ3n) is 5.77. The number of rotatable bonds is 6. The summed E-state index contributed by atoms with van der Waals surface area (Å²) in [5.41, 5.74) is 3.48. The maximum atomic E-state index is 9.61. The zero-order valence-electron chi connectivity index (χ0n) is 16.7. The first-order valence-electron chi connectivity index (χ1n) is 10.1. The highest BCUT2D eigenvalue weighted by molar-refractivity contribution is 5.93. The van der Waals surface area contributed by atoms with Crippen molar-refractivity contribution < 1.29 is 4.74 Å². The summed E-state index contributed by atoms with van der Waals surface area (Å²) in [6.45, 7) is 4.39. The highest BCUT2D eigenvalue weighted by atomic mass is 16.5. The average Bonchev–Trinajstić information content (AvgIpc) is 2.78. The molecule has 1 atom stereocenters. The molecule has 0 saturated carbocycles. The Hall–Kier alpha value is -2.94. The molecule has 0 bridgehead atoms. The van der Waals surface area contributed by atoms with Gasteiger partial charge in [0.1, 0.15) is 6.07 Å². The molecule has 1 saturated heterocycles. The largest absolute Gasteiger partial charge is 0.382 e. The summed E-state index contributed by atoms with van der Waals surface area (Å²) in [5.74, 6) is 0. The molecule has 1 unspecified atom stereocenters. The van der Waals surface area contributed by atoms with Gasteiger partial charge in [-0.05, 0) is 31.4 Å². The van der Waals surface area contributed by atoms with Crippen LogP contribution in [0.2, 0.25) is 0 Å². The van der Waals surface area contributed by atoms with Crippen LogP contribution in [0.15, 0.2) is 60.8 Å². The Balaban J connectivity index is 1.60. The van der Waals surface area contributed by atoms with Gasteiger partial charge in [0.25, 0.3) is 0 Å². The van der Waals surface area contributed by atoms with Crippen molar-refractivity contribution in [3.05, 3.63) is 71.9 Å². The van der Waals surface area contributed by atoms with E-state index in [1.54, 1.807) is 6.20 Å². The number of fused-ring (bicyclic) bond motifs is 1. The number of aromatic nitrogens is 1. The molecule has 4 rings (SSSR count). The molecule has 0 aliphatic carbocycles. The van der Waals surface area contributed by atoms with Gasteiger partial charge in [0.05, 0.1) is 16.8 Å². The van der Waals surface area contributed by atoms with E-state index in [4.69, 9.17) is 4.74 Å². The summed E-state index contributed by atoms with van der Waals surface area (Å²) < 4.78 is 5.65. The van der Waals surface area contributed by atoms with E-state index in [0.717, 1.165) is 49.2 Å². The lowest BCUT2D eigenvalue weighted by Gasteiger charge is -2.41. The molecule has 0 spiro atoms. The number of hydrogen-bond donors (Lipinski definition) is 2. The second-order valence-corrected chi connectivity index (χ2v) is 7.70. The van der Waals surface area contributed by atoms with Crippen molar-refractivity contribution in [1.29, 1.82) is 5.26 Å². The van der Waals surface area contributed by atoms with Crippen LogP contribution in [-0.2, 0) is 4.74 Å². The molecule has 148 valence electrons. The predicted molar refractivity (Wildman–Crippen MR) is 116 cm³/mol. The molecule has 0 amide bonds. The van der Waals surface area contributed by atoms with E-state index in [2.05, 4.69) is 52.9 Å². The number of para-hydroxylation sites is 1. The lowest BCUT2D eigenvalue weighted by molar-refractivity contribution is 0.0389. The Morgan fingerprint density at radius 3 is 2.59 bits per heavy atom. The van der Waals surface area contributed by atoms with Crippen molar-refractivity contribution in [2.75, 3.05) is 25.1 Å². The summed E-state index contributed by atoms with van der Waals surface area (Å²) in [6.07, 6.45) is 3.49. The predicted octanol–water partition coefficient (Wildman–Crippen LogP) is 4.42. The lowest BCUT2D eigenvalue weighted by atomic mass is 9.88. The van der Waals surface area contributed by atoms with Crippen molar-refractivity contribution >= 4 is 16.6 Å². The van der Waals surface area contributed by atoms with E-state index in [-0.39, 0.29) is 11.6 Å². The van der Waals surface area contributed by atoms with Crippen LogP contribution < -0.4 is 10.6 Å². The second kappa shape index (κ2) is 8.60. The summed E-state index contributed by atoms with van der Waals surface area (Å²) >= 11 is 0. The minimum Gasteiger partial charge on any atom is -0.382 e. The molecule has 2 N–H and O–H groups in total. The Morgan fingerprint density at radius 1 is 1.10 bits per heavy atom. The third-order valence-corrected chi connectivity index (χ3v) is 5.77. The normalized spacial score (nSPS) is 16.8. The standard InChI is InChI=1S/C24H26N4O/c1-18(19-7-3-2-4-8-19)28-24(11-13-29-14-12-24)17-27-23-20(15-25)16-26-22-10-6-5-9-21(22)23/h2-10,16,18,28H,11-14,17H2,1H3,(H,26,27). The summed E-state index contributed by atoms with van der Waals surface area (Å²) in [4.78, 5) is 4.41. The number of anilines is 1. The van der Waals surface area contributed by atoms with Crippen LogP contribution in [0.1, 0.15) is 36.9 Å². The van der Waals surface area contributed by atoms with E-state index in [1.165, 1.54) is 5.56 Å². The first-order valence-corrected chi connectivity index (χ1v) is 10.1. The Kier molecular flexibility index (Phi) is 5.75. The van der Waals surface area contributed by atoms with Crippen molar-refractivity contribution in [3.63, 3.8) is 0 Å². The highest BCUT2D eigenvalue weighted by Gasteiger charge is 2.34. The maximum absolute atomic E-state index is 9.61. The second-order valence-electron chi connectivity index (χ2n) is 7.70. The average molecular weight is 386 g/mol. The highest BCUT2D eigenvalue weighted by Crippen LogP contribution is 2.29. The van der Waals surface area contributed by atoms with Crippen LogP contribution in [-0.4, -0.2) is 30.3 Å². The number of pyridine rings is 1. The van der Waals surface area contributed by atoms with E-state index in [0.29, 0.717) is 5.56 Å². The van der Waals surface area contributed by atoms with Gasteiger partial charge < -0.3 is 15.4 Å². The van der Waals surface area contributed by atoms with Gasteiger partial charge in [0.15, 0.2) is 0 Å². The van der Waals surface area contributed by atoms with Gasteiger partial charge >= 0.3 is 0 Å². The molecule has 3 aromatic rings. The topological polar surface area (TPSA) is 70.0 Å². The number of benzene rings is 2. The van der Waals surface area contributed by atoms with Gasteiger partial charge in [-0.2, -0.15) is 5.26 Å². The van der Waals surface area contributed by atoms with E-state index in [9.17, 15) is 5.26 Å². The summed E-state index contributed by atoms with van der Waals surface area (Å²) in [6, 6.07) is 20.9. The summed E-state index contributed by atoms with van der Waals surface area (Å²) in [7, 11) is 0. The molecule has 2 aromatic carbocycles. The minimum absolute atomic E-state index is 0.107. The van der Waals surface area contributed by atoms with E-state index < -0.39 is 0 Å². The fraction of sp³-hybridized carbons (Fsp3) is 0.333. The van der Waals surface area contributed by atoms with Crippen molar-refractivity contribution in [2.45, 2.75) is 31.3 Å². The third kappa shape index (κ3) is 4.24. The van der Waals surface area contributed by atoms with Gasteiger partial charge in [0.2, 0.25) is 0 Å². The molecule has 1 aliphatic rings. The molecule has 5 heteroatoms. The molecule has 1 aliphatic heterocycles. The minimum atomic E-state index is -0.107. The van der Waals surface area contributed by atoms with Crippen LogP contribution in [0, 0.1) is 11.3 Å². The molecule has 29 heavy (non-hydrogen) atoms. The van der Waals surface area contributed by atoms with Crippen LogP contribution >= 0.6 is 0 Å². The molecule has 5 nitrogen and oxygen atoms in total. The number of nitriles is 1. The fourth-order valence-electron chi connectivity index (χ4n) is 4.09. The zero-order chi connectivity index (χ0) is 20.1. The van der Waals surface area contributed by atoms with Crippen molar-refractivity contribution in [1.82, 2.24) is 10.3 Å². The zero-order valence-corrected chi connectivity index (χ0v) is 16.7. The fourth-order valence-corrected chi connectivity index (χ4v) is 4.09. The van der Waals surface area contributed by atoms with Gasteiger partial charge in [-0.1, -0.05) is 48.5 Å². The van der Waals surface area contributed by atoms with Crippen molar-refractivity contribution in [2.24, 2.45) is 0 Å². The van der Waals surface area contributed by atoms with Gasteiger partial charge in [0, 0.05) is 42.9 Å². The van der Waals surface area contributed by atoms with E-state index >= 15 is 0 Å². The van der Waals surface area contributed by atoms with Crippen LogP contribution in [0.5, 0.6) is 0 Å². The molecular weight excluding hydrogens is 360 g/mol. The number of nitrogens with one attached hydrogen (secondary N) is 2. The number of nitrogens with zero attached hydrogens (tertiary/aromatic N) is 2. The Bertz CT molecular complexity index is 1010. The number of ether oxygens (including phenoxy) is 1.